The van der Waals surface area contributed by atoms with Crippen LogP contribution in [0.25, 0.3) is 5.70 Å². The van der Waals surface area contributed by atoms with Crippen LogP contribution in [0.5, 0.6) is 0 Å². The molecule has 1 aliphatic heterocycles. The molecule has 0 bridgehead atoms. The molecule has 3 heterocycles. The maximum atomic E-state index is 4.83. The Kier molecular flexibility index (Phi) is 4.36. The SMILES string of the molecule is CC(C)(C)c1cccc(C2=CCC(c3cccc(C(C)(C)C)n3)=N2)n1. The van der Waals surface area contributed by atoms with E-state index in [2.05, 4.69) is 71.9 Å². The maximum Gasteiger partial charge on any atom is 0.0886 e. The third-order valence-corrected chi connectivity index (χ3v) is 4.34. The number of rotatable bonds is 2. The topological polar surface area (TPSA) is 38.1 Å². The van der Waals surface area contributed by atoms with Crippen LogP contribution >= 0.6 is 0 Å². The van der Waals surface area contributed by atoms with Crippen LogP contribution in [-0.4, -0.2) is 15.7 Å². The van der Waals surface area contributed by atoms with Gasteiger partial charge >= 0.3 is 0 Å². The summed E-state index contributed by atoms with van der Waals surface area (Å²) in [7, 11) is 0. The monoisotopic (exact) mass is 333 g/mol. The zero-order valence-electron chi connectivity index (χ0n) is 16.1. The summed E-state index contributed by atoms with van der Waals surface area (Å²) in [6, 6.07) is 12.4. The Morgan fingerprint density at radius 3 is 1.80 bits per heavy atom. The van der Waals surface area contributed by atoms with Crippen molar-refractivity contribution in [3.8, 4) is 0 Å². The van der Waals surface area contributed by atoms with Gasteiger partial charge in [0.15, 0.2) is 0 Å². The highest BCUT2D eigenvalue weighted by Gasteiger charge is 2.20. The summed E-state index contributed by atoms with van der Waals surface area (Å²) in [5.74, 6) is 0. The van der Waals surface area contributed by atoms with Crippen LogP contribution in [-0.2, 0) is 10.8 Å². The molecule has 0 spiro atoms. The van der Waals surface area contributed by atoms with Crippen LogP contribution < -0.4 is 0 Å². The quantitative estimate of drug-likeness (QED) is 0.747. The van der Waals surface area contributed by atoms with Gasteiger partial charge in [-0.15, -0.1) is 0 Å². The molecule has 0 aromatic carbocycles. The summed E-state index contributed by atoms with van der Waals surface area (Å²) < 4.78 is 0. The minimum Gasteiger partial charge on any atom is -0.251 e. The Morgan fingerprint density at radius 1 is 0.720 bits per heavy atom. The zero-order chi connectivity index (χ0) is 18.2. The number of nitrogens with zero attached hydrogens (tertiary/aromatic N) is 3. The molecule has 130 valence electrons. The summed E-state index contributed by atoms with van der Waals surface area (Å²) in [4.78, 5) is 14.5. The molecule has 2 aromatic heterocycles. The lowest BCUT2D eigenvalue weighted by Crippen LogP contribution is -2.15. The van der Waals surface area contributed by atoms with Crippen LogP contribution in [0, 0.1) is 0 Å². The Hall–Kier alpha value is -2.29. The van der Waals surface area contributed by atoms with Gasteiger partial charge in [0.2, 0.25) is 0 Å². The maximum absolute atomic E-state index is 4.83. The second-order valence-electron chi connectivity index (χ2n) is 8.67. The second kappa shape index (κ2) is 6.21. The number of hydrogen-bond acceptors (Lipinski definition) is 3. The first-order chi connectivity index (χ1) is 11.6. The lowest BCUT2D eigenvalue weighted by Gasteiger charge is -2.18. The highest BCUT2D eigenvalue weighted by molar-refractivity contribution is 6.05. The molecule has 0 saturated carbocycles. The van der Waals surface area contributed by atoms with Crippen LogP contribution in [0.2, 0.25) is 0 Å². The smallest absolute Gasteiger partial charge is 0.0886 e. The minimum atomic E-state index is 0.0321. The van der Waals surface area contributed by atoms with E-state index >= 15 is 0 Å². The van der Waals surface area contributed by atoms with Crippen LogP contribution in [0.3, 0.4) is 0 Å². The van der Waals surface area contributed by atoms with Crippen molar-refractivity contribution in [2.75, 3.05) is 0 Å². The molecule has 0 atom stereocenters. The summed E-state index contributed by atoms with van der Waals surface area (Å²) >= 11 is 0. The first-order valence-corrected chi connectivity index (χ1v) is 8.88. The summed E-state index contributed by atoms with van der Waals surface area (Å²) in [5.41, 5.74) is 6.11. The van der Waals surface area contributed by atoms with Crippen LogP contribution in [0.15, 0.2) is 47.5 Å². The van der Waals surface area contributed by atoms with Crippen molar-refractivity contribution in [2.24, 2.45) is 4.99 Å². The van der Waals surface area contributed by atoms with Gasteiger partial charge in [-0.3, -0.25) is 9.97 Å². The van der Waals surface area contributed by atoms with E-state index in [-0.39, 0.29) is 10.8 Å². The Balaban J connectivity index is 1.91. The third-order valence-electron chi connectivity index (χ3n) is 4.34. The van der Waals surface area contributed by atoms with Crippen molar-refractivity contribution in [1.82, 2.24) is 9.97 Å². The Labute approximate surface area is 151 Å². The van der Waals surface area contributed by atoms with E-state index in [9.17, 15) is 0 Å². The van der Waals surface area contributed by atoms with Crippen molar-refractivity contribution < 1.29 is 0 Å². The Bertz CT molecular complexity index is 846. The fraction of sp³-hybridized carbons (Fsp3) is 0.409. The van der Waals surface area contributed by atoms with Gasteiger partial charge in [-0.25, -0.2) is 4.99 Å². The molecule has 2 aromatic rings. The molecule has 0 radical (unpaired) electrons. The third kappa shape index (κ3) is 3.87. The molecule has 0 fully saturated rings. The predicted octanol–water partition coefficient (Wildman–Crippen LogP) is 5.31. The Morgan fingerprint density at radius 2 is 1.24 bits per heavy atom. The second-order valence-corrected chi connectivity index (χ2v) is 8.67. The van der Waals surface area contributed by atoms with Gasteiger partial charge in [0.1, 0.15) is 0 Å². The molecule has 0 N–H and O–H groups in total. The van der Waals surface area contributed by atoms with E-state index in [0.29, 0.717) is 0 Å². The largest absolute Gasteiger partial charge is 0.251 e. The fourth-order valence-electron chi connectivity index (χ4n) is 2.76. The van der Waals surface area contributed by atoms with E-state index in [1.165, 1.54) is 0 Å². The van der Waals surface area contributed by atoms with Crippen LogP contribution in [0.4, 0.5) is 0 Å². The van der Waals surface area contributed by atoms with Gasteiger partial charge in [-0.2, -0.15) is 0 Å². The van der Waals surface area contributed by atoms with Crippen molar-refractivity contribution in [2.45, 2.75) is 58.8 Å². The van der Waals surface area contributed by atoms with Gasteiger partial charge in [0.25, 0.3) is 0 Å². The van der Waals surface area contributed by atoms with E-state index in [4.69, 9.17) is 15.0 Å². The molecule has 3 nitrogen and oxygen atoms in total. The standard InChI is InChI=1S/C22H27N3/c1-21(2,3)19-11-7-9-15(24-19)17-13-14-18(23-17)16-10-8-12-20(25-16)22(4,5)6/h7-13H,14H2,1-6H3. The number of hydrogen-bond donors (Lipinski definition) is 0. The molecule has 3 heteroatoms. The summed E-state index contributed by atoms with van der Waals surface area (Å²) in [6.07, 6.45) is 2.95. The zero-order valence-corrected chi connectivity index (χ0v) is 16.1. The van der Waals surface area contributed by atoms with Gasteiger partial charge in [0, 0.05) is 28.6 Å². The van der Waals surface area contributed by atoms with E-state index in [1.54, 1.807) is 0 Å². The predicted molar refractivity (Wildman–Crippen MR) is 105 cm³/mol. The number of aromatic nitrogens is 2. The highest BCUT2D eigenvalue weighted by Crippen LogP contribution is 2.27. The normalized spacial score (nSPS) is 15.1. The minimum absolute atomic E-state index is 0.0321. The number of allylic oxidation sites excluding steroid dienone is 1. The molecule has 25 heavy (non-hydrogen) atoms. The van der Waals surface area contributed by atoms with Gasteiger partial charge in [0.05, 0.1) is 22.8 Å². The number of pyridine rings is 2. The van der Waals surface area contributed by atoms with Crippen molar-refractivity contribution in [3.05, 3.63) is 65.2 Å². The molecule has 0 saturated heterocycles. The van der Waals surface area contributed by atoms with Crippen LogP contribution in [0.1, 0.15) is 70.7 Å². The molecule has 1 aliphatic rings. The van der Waals surface area contributed by atoms with E-state index < -0.39 is 0 Å². The van der Waals surface area contributed by atoms with Gasteiger partial charge in [-0.1, -0.05) is 59.8 Å². The molecule has 0 amide bonds. The number of aliphatic imine (C=N–C) groups is 1. The fourth-order valence-corrected chi connectivity index (χ4v) is 2.76. The first-order valence-electron chi connectivity index (χ1n) is 8.88. The first kappa shape index (κ1) is 17.5. The average molecular weight is 333 g/mol. The summed E-state index contributed by atoms with van der Waals surface area (Å²) in [6.45, 7) is 13.1. The molecule has 0 unspecified atom stereocenters. The van der Waals surface area contributed by atoms with Crippen molar-refractivity contribution >= 4 is 11.4 Å². The van der Waals surface area contributed by atoms with E-state index in [0.717, 1.165) is 40.6 Å². The lowest BCUT2D eigenvalue weighted by molar-refractivity contribution is 0.568. The summed E-state index contributed by atoms with van der Waals surface area (Å²) in [5, 5.41) is 0. The average Bonchev–Trinajstić information content (AvgIpc) is 3.04. The molecule has 0 aliphatic carbocycles. The molecule has 3 rings (SSSR count). The highest BCUT2D eigenvalue weighted by atomic mass is 14.9. The lowest BCUT2D eigenvalue weighted by atomic mass is 9.91. The van der Waals surface area contributed by atoms with Crippen molar-refractivity contribution in [1.29, 1.82) is 0 Å². The van der Waals surface area contributed by atoms with Gasteiger partial charge in [-0.05, 0) is 24.3 Å². The molecular weight excluding hydrogens is 306 g/mol. The van der Waals surface area contributed by atoms with E-state index in [1.807, 2.05) is 12.1 Å². The van der Waals surface area contributed by atoms with Crippen molar-refractivity contribution in [3.63, 3.8) is 0 Å². The van der Waals surface area contributed by atoms with Gasteiger partial charge < -0.3 is 0 Å². The molecular formula is C22H27N3.